The lowest BCUT2D eigenvalue weighted by atomic mass is 9.75. The lowest BCUT2D eigenvalue weighted by Crippen LogP contribution is -2.32. The van der Waals surface area contributed by atoms with E-state index in [0.717, 1.165) is 37.7 Å². The maximum Gasteiger partial charge on any atom is 0.119 e. The number of rotatable bonds is 13. The van der Waals surface area contributed by atoms with Crippen molar-refractivity contribution in [2.45, 2.75) is 91.5 Å². The maximum atomic E-state index is 10.2. The van der Waals surface area contributed by atoms with E-state index in [0.29, 0.717) is 17.9 Å². The van der Waals surface area contributed by atoms with Gasteiger partial charge in [-0.3, -0.25) is 0 Å². The van der Waals surface area contributed by atoms with Crippen LogP contribution in [0.5, 0.6) is 5.75 Å². The summed E-state index contributed by atoms with van der Waals surface area (Å²) in [4.78, 5) is 0. The summed E-state index contributed by atoms with van der Waals surface area (Å²) in [5, 5.41) is 29.2. The highest BCUT2D eigenvalue weighted by molar-refractivity contribution is 5.38. The Hall–Kier alpha value is -1.88. The van der Waals surface area contributed by atoms with Crippen LogP contribution in [0.15, 0.2) is 36.4 Å². The first-order chi connectivity index (χ1) is 15.3. The Morgan fingerprint density at radius 3 is 2.06 bits per heavy atom. The van der Waals surface area contributed by atoms with Gasteiger partial charge in [-0.1, -0.05) is 58.9 Å². The highest BCUT2D eigenvalue weighted by Gasteiger charge is 2.30. The van der Waals surface area contributed by atoms with Crippen LogP contribution in [0.3, 0.4) is 0 Å². The fourth-order valence-electron chi connectivity index (χ4n) is 4.33. The second-order valence-corrected chi connectivity index (χ2v) is 9.21. The molecule has 2 aromatic carbocycles. The molecule has 4 nitrogen and oxygen atoms in total. The zero-order valence-corrected chi connectivity index (χ0v) is 20.5. The highest BCUT2D eigenvalue weighted by atomic mass is 16.5. The van der Waals surface area contributed by atoms with Crippen LogP contribution in [0.4, 0.5) is 0 Å². The maximum absolute atomic E-state index is 10.2. The standard InChI is InChI=1S/C28H42O4/c1-6-21-15-25(12-9-22(21)11-14-27(31)20(4)5)28(7-2,8-3)19-32-26-13-10-23(17-29)24(16-26)18-30/h9-10,12-13,15-16,20,27,29-31H,6-8,11,14,17-19H2,1-5H3. The Labute approximate surface area is 194 Å². The van der Waals surface area contributed by atoms with Crippen molar-refractivity contribution in [3.8, 4) is 5.75 Å². The van der Waals surface area contributed by atoms with Gasteiger partial charge in [0.15, 0.2) is 0 Å². The summed E-state index contributed by atoms with van der Waals surface area (Å²) in [6, 6.07) is 12.3. The van der Waals surface area contributed by atoms with Crippen molar-refractivity contribution in [1.82, 2.24) is 0 Å². The number of aliphatic hydroxyl groups excluding tert-OH is 3. The molecule has 0 aliphatic carbocycles. The topological polar surface area (TPSA) is 69.9 Å². The van der Waals surface area contributed by atoms with Gasteiger partial charge >= 0.3 is 0 Å². The third kappa shape index (κ3) is 6.34. The molecule has 0 bridgehead atoms. The van der Waals surface area contributed by atoms with Gasteiger partial charge in [-0.05, 0) is 78.0 Å². The van der Waals surface area contributed by atoms with Crippen LogP contribution in [-0.4, -0.2) is 28.0 Å². The largest absolute Gasteiger partial charge is 0.493 e. The molecule has 0 heterocycles. The smallest absolute Gasteiger partial charge is 0.119 e. The third-order valence-corrected chi connectivity index (χ3v) is 7.07. The van der Waals surface area contributed by atoms with Gasteiger partial charge in [0.2, 0.25) is 0 Å². The molecular formula is C28H42O4. The van der Waals surface area contributed by atoms with E-state index < -0.39 is 0 Å². The number of benzene rings is 2. The van der Waals surface area contributed by atoms with E-state index in [1.165, 1.54) is 16.7 Å². The molecule has 1 unspecified atom stereocenters. The minimum Gasteiger partial charge on any atom is -0.493 e. The predicted octanol–water partition coefficient (Wildman–Crippen LogP) is 5.32. The van der Waals surface area contributed by atoms with Crippen molar-refractivity contribution in [2.24, 2.45) is 5.92 Å². The molecule has 3 N–H and O–H groups in total. The van der Waals surface area contributed by atoms with E-state index in [2.05, 4.69) is 52.8 Å². The minimum atomic E-state index is -0.265. The van der Waals surface area contributed by atoms with E-state index in [4.69, 9.17) is 4.74 Å². The Kier molecular flexibility index (Phi) is 10.2. The third-order valence-electron chi connectivity index (χ3n) is 7.07. The molecule has 2 aromatic rings. The average molecular weight is 443 g/mol. The molecule has 2 rings (SSSR count). The van der Waals surface area contributed by atoms with Crippen LogP contribution >= 0.6 is 0 Å². The molecule has 0 aromatic heterocycles. The Morgan fingerprint density at radius 1 is 0.844 bits per heavy atom. The highest BCUT2D eigenvalue weighted by Crippen LogP contribution is 2.34. The van der Waals surface area contributed by atoms with Gasteiger partial charge in [-0.25, -0.2) is 0 Å². The zero-order chi connectivity index (χ0) is 23.7. The fourth-order valence-corrected chi connectivity index (χ4v) is 4.33. The van der Waals surface area contributed by atoms with Gasteiger partial charge in [-0.15, -0.1) is 0 Å². The molecule has 0 saturated carbocycles. The van der Waals surface area contributed by atoms with Gasteiger partial charge in [0.25, 0.3) is 0 Å². The molecule has 0 radical (unpaired) electrons. The van der Waals surface area contributed by atoms with Crippen molar-refractivity contribution in [2.75, 3.05) is 6.61 Å². The Bertz CT molecular complexity index is 839. The lowest BCUT2D eigenvalue weighted by molar-refractivity contribution is 0.116. The van der Waals surface area contributed by atoms with Crippen LogP contribution in [0.25, 0.3) is 0 Å². The molecule has 1 atom stereocenters. The van der Waals surface area contributed by atoms with Crippen molar-refractivity contribution in [1.29, 1.82) is 0 Å². The Morgan fingerprint density at radius 2 is 1.50 bits per heavy atom. The second kappa shape index (κ2) is 12.4. The summed E-state index contributed by atoms with van der Waals surface area (Å²) in [6.07, 6.45) is 4.30. The molecule has 0 fully saturated rings. The van der Waals surface area contributed by atoms with E-state index in [-0.39, 0.29) is 30.7 Å². The van der Waals surface area contributed by atoms with E-state index in [1.54, 1.807) is 0 Å². The molecule has 0 aliphatic heterocycles. The summed E-state index contributed by atoms with van der Waals surface area (Å²) in [5.74, 6) is 0.995. The quantitative estimate of drug-likeness (QED) is 0.393. The molecule has 4 heteroatoms. The molecule has 0 amide bonds. The summed E-state index contributed by atoms with van der Waals surface area (Å²) < 4.78 is 6.23. The van der Waals surface area contributed by atoms with Gasteiger partial charge in [-0.2, -0.15) is 0 Å². The number of aryl methyl sites for hydroxylation is 2. The van der Waals surface area contributed by atoms with Crippen molar-refractivity contribution in [3.63, 3.8) is 0 Å². The minimum absolute atomic E-state index is 0.0929. The number of hydrogen-bond acceptors (Lipinski definition) is 4. The van der Waals surface area contributed by atoms with Crippen LogP contribution in [0, 0.1) is 5.92 Å². The lowest BCUT2D eigenvalue weighted by Gasteiger charge is -2.33. The predicted molar refractivity (Wildman–Crippen MR) is 131 cm³/mol. The first kappa shape index (κ1) is 26.4. The second-order valence-electron chi connectivity index (χ2n) is 9.21. The van der Waals surface area contributed by atoms with E-state index in [1.807, 2.05) is 18.2 Å². The first-order valence-electron chi connectivity index (χ1n) is 12.1. The van der Waals surface area contributed by atoms with Crippen molar-refractivity contribution in [3.05, 3.63) is 64.2 Å². The average Bonchev–Trinajstić information content (AvgIpc) is 2.83. The zero-order valence-electron chi connectivity index (χ0n) is 20.5. The van der Waals surface area contributed by atoms with E-state index in [9.17, 15) is 15.3 Å². The SMILES string of the molecule is CCc1cc(C(CC)(CC)COc2ccc(CO)c(CO)c2)ccc1CCC(O)C(C)C. The molecule has 0 saturated heterocycles. The molecule has 178 valence electrons. The van der Waals surface area contributed by atoms with Gasteiger partial charge < -0.3 is 20.1 Å². The number of aliphatic hydroxyl groups is 3. The van der Waals surface area contributed by atoms with Crippen LogP contribution in [0.1, 0.15) is 81.7 Å². The van der Waals surface area contributed by atoms with E-state index >= 15 is 0 Å². The Balaban J connectivity index is 2.24. The molecule has 0 aliphatic rings. The fraction of sp³-hybridized carbons (Fsp3) is 0.571. The van der Waals surface area contributed by atoms with Gasteiger partial charge in [0, 0.05) is 5.41 Å². The summed E-state index contributed by atoms with van der Waals surface area (Å²) in [6.45, 7) is 11.1. The van der Waals surface area contributed by atoms with Crippen molar-refractivity contribution >= 4 is 0 Å². The van der Waals surface area contributed by atoms with Gasteiger partial charge in [0.05, 0.1) is 25.9 Å². The van der Waals surface area contributed by atoms with Crippen molar-refractivity contribution < 1.29 is 20.1 Å². The summed E-state index contributed by atoms with van der Waals surface area (Å²) in [5.41, 5.74) is 5.29. The summed E-state index contributed by atoms with van der Waals surface area (Å²) >= 11 is 0. The number of ether oxygens (including phenoxy) is 1. The number of hydrogen-bond donors (Lipinski definition) is 3. The molecular weight excluding hydrogens is 400 g/mol. The molecule has 0 spiro atoms. The summed E-state index contributed by atoms with van der Waals surface area (Å²) in [7, 11) is 0. The van der Waals surface area contributed by atoms with Crippen LogP contribution in [0.2, 0.25) is 0 Å². The van der Waals surface area contributed by atoms with Crippen LogP contribution in [-0.2, 0) is 31.5 Å². The normalized spacial score (nSPS) is 12.9. The van der Waals surface area contributed by atoms with Crippen LogP contribution < -0.4 is 4.74 Å². The first-order valence-corrected chi connectivity index (χ1v) is 12.1. The molecule has 32 heavy (non-hydrogen) atoms. The van der Waals surface area contributed by atoms with Gasteiger partial charge in [0.1, 0.15) is 5.75 Å². The monoisotopic (exact) mass is 442 g/mol.